The van der Waals surface area contributed by atoms with Gasteiger partial charge in [0.2, 0.25) is 0 Å². The zero-order valence-electron chi connectivity index (χ0n) is 32.5. The molecule has 0 aromatic carbocycles. The Morgan fingerprint density at radius 2 is 1.28 bits per heavy atom. The van der Waals surface area contributed by atoms with Gasteiger partial charge in [0.25, 0.3) is 0 Å². The quantitative estimate of drug-likeness (QED) is 0.0156. The fraction of sp³-hybridized carbons (Fsp3) is 0.725. The Hall–Kier alpha value is -2.60. The summed E-state index contributed by atoms with van der Waals surface area (Å²) in [6.07, 6.45) is 33.4. The summed E-state index contributed by atoms with van der Waals surface area (Å²) >= 11 is 0. The summed E-state index contributed by atoms with van der Waals surface area (Å²) in [5.41, 5.74) is 5.31. The number of aliphatic hydroxyl groups is 1. The number of aliphatic carboxylic acids is 1. The van der Waals surface area contributed by atoms with Crippen LogP contribution in [-0.4, -0.2) is 71.1 Å². The molecular formula is C40H70NO11P. The zero-order valence-corrected chi connectivity index (χ0v) is 33.3. The summed E-state index contributed by atoms with van der Waals surface area (Å²) in [5.74, 6) is -2.48. The number of carboxylic acid groups (broad SMARTS) is 1. The molecule has 0 heterocycles. The fourth-order valence-corrected chi connectivity index (χ4v) is 5.78. The van der Waals surface area contributed by atoms with Crippen LogP contribution in [0.4, 0.5) is 0 Å². The van der Waals surface area contributed by atoms with Crippen molar-refractivity contribution in [3.05, 3.63) is 48.6 Å². The van der Waals surface area contributed by atoms with Crippen molar-refractivity contribution in [3.63, 3.8) is 0 Å². The van der Waals surface area contributed by atoms with Gasteiger partial charge in [-0.2, -0.15) is 0 Å². The molecule has 4 atom stereocenters. The standard InChI is InChI=1S/C40H70NO11P/c1-3-5-7-9-11-12-13-14-15-16-18-22-27-31-39(44)52-36(33-50-53(47,48)51-34-37(41)40(45)46)32-49-38(43)30-26-23-19-21-25-29-35(42)28-24-20-17-10-8-6-4-2/h6,8,12-13,17,20,24,28,35-37,42H,3-5,7,9-11,14-16,18-19,21-23,25-27,29-34,41H2,1-2H3,(H,45,46)(H,47,48)/b8-6+,13-12-,20-17+,28-24+/t35?,36-,37+/m1/s1. The van der Waals surface area contributed by atoms with Gasteiger partial charge in [-0.3, -0.25) is 23.4 Å². The summed E-state index contributed by atoms with van der Waals surface area (Å²) in [6.45, 7) is 2.52. The Morgan fingerprint density at radius 3 is 1.92 bits per heavy atom. The number of carboxylic acids is 1. The lowest BCUT2D eigenvalue weighted by Crippen LogP contribution is -2.34. The van der Waals surface area contributed by atoms with Crippen LogP contribution in [0.15, 0.2) is 48.6 Å². The molecule has 0 aromatic heterocycles. The molecule has 0 rings (SSSR count). The summed E-state index contributed by atoms with van der Waals surface area (Å²) in [7, 11) is -4.74. The number of carbonyl (C=O) groups is 3. The highest BCUT2D eigenvalue weighted by Gasteiger charge is 2.28. The molecule has 0 saturated heterocycles. The minimum Gasteiger partial charge on any atom is -0.480 e. The Kier molecular flexibility index (Phi) is 33.4. The van der Waals surface area contributed by atoms with Gasteiger partial charge < -0.3 is 30.3 Å². The molecule has 306 valence electrons. The van der Waals surface area contributed by atoms with Gasteiger partial charge in [-0.15, -0.1) is 0 Å². The van der Waals surface area contributed by atoms with Crippen LogP contribution in [0.5, 0.6) is 0 Å². The predicted molar refractivity (Wildman–Crippen MR) is 209 cm³/mol. The number of esters is 2. The van der Waals surface area contributed by atoms with E-state index in [1.165, 1.54) is 25.7 Å². The molecule has 0 aliphatic heterocycles. The Balaban J connectivity index is 4.52. The van der Waals surface area contributed by atoms with Gasteiger partial charge in [-0.05, 0) is 57.8 Å². The lowest BCUT2D eigenvalue weighted by atomic mass is 10.1. The van der Waals surface area contributed by atoms with Gasteiger partial charge in [0.1, 0.15) is 12.6 Å². The monoisotopic (exact) mass is 771 g/mol. The largest absolute Gasteiger partial charge is 0.480 e. The van der Waals surface area contributed by atoms with E-state index < -0.39 is 57.2 Å². The van der Waals surface area contributed by atoms with E-state index in [0.717, 1.165) is 77.0 Å². The highest BCUT2D eigenvalue weighted by molar-refractivity contribution is 7.47. The molecule has 13 heteroatoms. The van der Waals surface area contributed by atoms with Crippen molar-refractivity contribution in [2.24, 2.45) is 5.73 Å². The van der Waals surface area contributed by atoms with Gasteiger partial charge in [0.05, 0.1) is 19.3 Å². The molecule has 0 aliphatic rings. The van der Waals surface area contributed by atoms with Crippen molar-refractivity contribution in [1.82, 2.24) is 0 Å². The highest BCUT2D eigenvalue weighted by Crippen LogP contribution is 2.43. The maximum absolute atomic E-state index is 12.6. The van der Waals surface area contributed by atoms with Crippen molar-refractivity contribution in [2.45, 2.75) is 167 Å². The van der Waals surface area contributed by atoms with Crippen LogP contribution in [-0.2, 0) is 37.5 Å². The molecule has 0 saturated carbocycles. The zero-order chi connectivity index (χ0) is 39.4. The number of ether oxygens (including phenoxy) is 2. The molecule has 0 spiro atoms. The molecule has 0 amide bonds. The molecule has 0 aromatic rings. The highest BCUT2D eigenvalue weighted by atomic mass is 31.2. The van der Waals surface area contributed by atoms with Gasteiger partial charge in [-0.1, -0.05) is 127 Å². The summed E-state index contributed by atoms with van der Waals surface area (Å²) in [5, 5.41) is 19.0. The average molecular weight is 772 g/mol. The number of carbonyl (C=O) groups excluding carboxylic acids is 2. The topological polar surface area (TPSA) is 192 Å². The van der Waals surface area contributed by atoms with Gasteiger partial charge >= 0.3 is 25.7 Å². The van der Waals surface area contributed by atoms with E-state index in [-0.39, 0.29) is 19.4 Å². The molecule has 2 unspecified atom stereocenters. The second kappa shape index (κ2) is 35.1. The number of aliphatic hydroxyl groups excluding tert-OH is 1. The first-order chi connectivity index (χ1) is 25.5. The Morgan fingerprint density at radius 1 is 0.698 bits per heavy atom. The molecule has 0 fully saturated rings. The molecule has 12 nitrogen and oxygen atoms in total. The number of phosphoric ester groups is 1. The van der Waals surface area contributed by atoms with Crippen molar-refractivity contribution in [2.75, 3.05) is 19.8 Å². The van der Waals surface area contributed by atoms with E-state index in [4.69, 9.17) is 24.8 Å². The summed E-state index contributed by atoms with van der Waals surface area (Å²) < 4.78 is 32.5. The van der Waals surface area contributed by atoms with E-state index in [9.17, 15) is 28.9 Å². The fourth-order valence-electron chi connectivity index (χ4n) is 5.01. The Labute approximate surface area is 318 Å². The van der Waals surface area contributed by atoms with Crippen molar-refractivity contribution >= 4 is 25.7 Å². The van der Waals surface area contributed by atoms with E-state index >= 15 is 0 Å². The number of hydrogen-bond donors (Lipinski definition) is 4. The molecule has 0 aliphatic carbocycles. The van der Waals surface area contributed by atoms with E-state index in [0.29, 0.717) is 19.3 Å². The van der Waals surface area contributed by atoms with Gasteiger partial charge in [-0.25, -0.2) is 4.57 Å². The second-order valence-electron chi connectivity index (χ2n) is 13.2. The minimum atomic E-state index is -4.74. The van der Waals surface area contributed by atoms with Crippen LogP contribution in [0, 0.1) is 0 Å². The van der Waals surface area contributed by atoms with Crippen molar-refractivity contribution < 1.29 is 52.6 Å². The predicted octanol–water partition coefficient (Wildman–Crippen LogP) is 8.80. The van der Waals surface area contributed by atoms with Crippen molar-refractivity contribution in [3.8, 4) is 0 Å². The minimum absolute atomic E-state index is 0.129. The molecule has 0 bridgehead atoms. The lowest BCUT2D eigenvalue weighted by Gasteiger charge is -2.20. The number of hydrogen-bond acceptors (Lipinski definition) is 10. The van der Waals surface area contributed by atoms with Crippen LogP contribution < -0.4 is 5.73 Å². The third-order valence-electron chi connectivity index (χ3n) is 8.16. The van der Waals surface area contributed by atoms with Crippen LogP contribution in [0.25, 0.3) is 0 Å². The lowest BCUT2D eigenvalue weighted by molar-refractivity contribution is -0.161. The first kappa shape index (κ1) is 50.4. The van der Waals surface area contributed by atoms with E-state index in [1.54, 1.807) is 6.08 Å². The molecule has 0 radical (unpaired) electrons. The van der Waals surface area contributed by atoms with Crippen LogP contribution >= 0.6 is 7.82 Å². The smallest absolute Gasteiger partial charge is 0.472 e. The second-order valence-corrected chi connectivity index (χ2v) is 14.7. The van der Waals surface area contributed by atoms with Gasteiger partial charge in [0.15, 0.2) is 6.10 Å². The Bertz CT molecular complexity index is 1110. The first-order valence-electron chi connectivity index (χ1n) is 19.8. The van der Waals surface area contributed by atoms with Gasteiger partial charge in [0, 0.05) is 12.8 Å². The maximum atomic E-state index is 12.6. The average Bonchev–Trinajstić information content (AvgIpc) is 3.12. The van der Waals surface area contributed by atoms with Crippen LogP contribution in [0.1, 0.15) is 149 Å². The molecular weight excluding hydrogens is 701 g/mol. The van der Waals surface area contributed by atoms with Crippen LogP contribution in [0.2, 0.25) is 0 Å². The number of phosphoric acid groups is 1. The number of rotatable bonds is 36. The van der Waals surface area contributed by atoms with E-state index in [1.807, 2.05) is 18.2 Å². The maximum Gasteiger partial charge on any atom is 0.472 e. The number of allylic oxidation sites excluding steroid dienone is 7. The first-order valence-corrected chi connectivity index (χ1v) is 21.3. The molecule has 5 N–H and O–H groups in total. The number of unbranched alkanes of at least 4 members (excludes halogenated alkanes) is 13. The summed E-state index contributed by atoms with van der Waals surface area (Å²) in [6, 6.07) is -1.54. The molecule has 53 heavy (non-hydrogen) atoms. The van der Waals surface area contributed by atoms with Crippen LogP contribution in [0.3, 0.4) is 0 Å². The third-order valence-corrected chi connectivity index (χ3v) is 9.12. The SMILES string of the molecule is CC/C=C/C/C=C/C=C/C(O)CCCCCCCC(=O)OC[C@H](COP(=O)(O)OC[C@H](N)C(=O)O)OC(=O)CCCCCCC/C=C\CCCCCC. The normalized spacial score (nSPS) is 15.0. The van der Waals surface area contributed by atoms with E-state index in [2.05, 4.69) is 42.7 Å². The third kappa shape index (κ3) is 34.9. The summed E-state index contributed by atoms with van der Waals surface area (Å²) in [4.78, 5) is 45.8. The number of nitrogens with two attached hydrogens (primary N) is 1. The van der Waals surface area contributed by atoms with Crippen molar-refractivity contribution in [1.29, 1.82) is 0 Å².